The van der Waals surface area contributed by atoms with Crippen LogP contribution in [-0.4, -0.2) is 36.5 Å². The molecule has 0 aromatic heterocycles. The zero-order valence-electron chi connectivity index (χ0n) is 12.0. The van der Waals surface area contributed by atoms with E-state index in [9.17, 15) is 19.2 Å². The molecule has 4 amide bonds. The summed E-state index contributed by atoms with van der Waals surface area (Å²) in [5, 5.41) is 4.16. The van der Waals surface area contributed by atoms with Crippen molar-refractivity contribution in [3.63, 3.8) is 0 Å². The second-order valence-corrected chi connectivity index (χ2v) is 4.42. The van der Waals surface area contributed by atoms with Gasteiger partial charge in [-0.25, -0.2) is 4.79 Å². The zero-order valence-corrected chi connectivity index (χ0v) is 12.0. The van der Waals surface area contributed by atoms with Crippen molar-refractivity contribution in [3.8, 4) is 0 Å². The van der Waals surface area contributed by atoms with Gasteiger partial charge in [0, 0.05) is 0 Å². The van der Waals surface area contributed by atoms with Gasteiger partial charge in [-0.3, -0.25) is 19.7 Å². The van der Waals surface area contributed by atoms with Crippen molar-refractivity contribution < 1.29 is 23.9 Å². The average Bonchev–Trinajstić information content (AvgIpc) is 2.45. The summed E-state index contributed by atoms with van der Waals surface area (Å²) in [5.74, 6) is -1.98. The smallest absolute Gasteiger partial charge is 0.326 e. The van der Waals surface area contributed by atoms with Crippen molar-refractivity contribution >= 4 is 23.8 Å². The van der Waals surface area contributed by atoms with Crippen LogP contribution in [0, 0.1) is 0 Å². The number of esters is 1. The lowest BCUT2D eigenvalue weighted by atomic mass is 10.1. The lowest BCUT2D eigenvalue weighted by Crippen LogP contribution is -2.43. The number of carbonyl (C=O) groups is 4. The SMILES string of the molecule is CC(OC(=O)CNC(=O)Cc1ccccc1)C(=O)NC(N)=O. The van der Waals surface area contributed by atoms with Crippen LogP contribution in [0.15, 0.2) is 30.3 Å². The van der Waals surface area contributed by atoms with Crippen LogP contribution in [0.3, 0.4) is 0 Å². The minimum Gasteiger partial charge on any atom is -0.451 e. The first-order valence-corrected chi connectivity index (χ1v) is 6.49. The summed E-state index contributed by atoms with van der Waals surface area (Å²) in [6.45, 7) is 0.905. The average molecular weight is 307 g/mol. The van der Waals surface area contributed by atoms with Crippen molar-refractivity contribution in [2.45, 2.75) is 19.4 Å². The summed E-state index contributed by atoms with van der Waals surface area (Å²) in [4.78, 5) is 44.9. The number of nitrogens with two attached hydrogens (primary N) is 1. The first kappa shape index (κ1) is 17.2. The summed E-state index contributed by atoms with van der Waals surface area (Å²) in [7, 11) is 0. The number of nitrogens with one attached hydrogen (secondary N) is 2. The first-order valence-electron chi connectivity index (χ1n) is 6.49. The van der Waals surface area contributed by atoms with E-state index in [0.29, 0.717) is 0 Å². The van der Waals surface area contributed by atoms with E-state index in [1.54, 1.807) is 29.6 Å². The lowest BCUT2D eigenvalue weighted by molar-refractivity contribution is -0.154. The Hall–Kier alpha value is -2.90. The molecule has 0 bridgehead atoms. The van der Waals surface area contributed by atoms with E-state index in [4.69, 9.17) is 10.5 Å². The molecule has 1 aromatic carbocycles. The molecule has 0 saturated carbocycles. The Morgan fingerprint density at radius 1 is 1.18 bits per heavy atom. The summed E-state index contributed by atoms with van der Waals surface area (Å²) in [6.07, 6.45) is -1.06. The highest BCUT2D eigenvalue weighted by Crippen LogP contribution is 1.99. The minimum absolute atomic E-state index is 0.131. The molecule has 8 nitrogen and oxygen atoms in total. The van der Waals surface area contributed by atoms with Crippen LogP contribution < -0.4 is 16.4 Å². The normalized spacial score (nSPS) is 11.1. The molecular weight excluding hydrogens is 290 g/mol. The van der Waals surface area contributed by atoms with Crippen LogP contribution in [-0.2, 0) is 25.5 Å². The van der Waals surface area contributed by atoms with E-state index >= 15 is 0 Å². The van der Waals surface area contributed by atoms with Crippen LogP contribution in [0.5, 0.6) is 0 Å². The van der Waals surface area contributed by atoms with E-state index < -0.39 is 24.0 Å². The molecule has 8 heteroatoms. The van der Waals surface area contributed by atoms with Gasteiger partial charge >= 0.3 is 12.0 Å². The summed E-state index contributed by atoms with van der Waals surface area (Å²) in [6, 6.07) is 7.97. The van der Waals surface area contributed by atoms with Crippen LogP contribution in [0.4, 0.5) is 4.79 Å². The van der Waals surface area contributed by atoms with Gasteiger partial charge in [0.05, 0.1) is 6.42 Å². The third-order valence-electron chi connectivity index (χ3n) is 2.56. The standard InChI is InChI=1S/C14H17N3O5/c1-9(13(20)17-14(15)21)22-12(19)8-16-11(18)7-10-5-3-2-4-6-10/h2-6,9H,7-8H2,1H3,(H,16,18)(H3,15,17,20,21). The number of amides is 4. The third kappa shape index (κ3) is 6.51. The fourth-order valence-electron chi connectivity index (χ4n) is 1.53. The Morgan fingerprint density at radius 2 is 1.82 bits per heavy atom. The summed E-state index contributed by atoms with van der Waals surface area (Å²) >= 11 is 0. The molecule has 118 valence electrons. The number of hydrogen-bond acceptors (Lipinski definition) is 5. The molecule has 22 heavy (non-hydrogen) atoms. The number of ether oxygens (including phenoxy) is 1. The maximum atomic E-state index is 11.6. The van der Waals surface area contributed by atoms with Crippen molar-refractivity contribution in [1.29, 1.82) is 0 Å². The fraction of sp³-hybridized carbons (Fsp3) is 0.286. The van der Waals surface area contributed by atoms with E-state index in [0.717, 1.165) is 5.56 Å². The van der Waals surface area contributed by atoms with E-state index in [-0.39, 0.29) is 18.9 Å². The Kier molecular flexibility index (Phi) is 6.55. The maximum absolute atomic E-state index is 11.6. The van der Waals surface area contributed by atoms with Crippen molar-refractivity contribution in [3.05, 3.63) is 35.9 Å². The highest BCUT2D eigenvalue weighted by atomic mass is 16.5. The highest BCUT2D eigenvalue weighted by Gasteiger charge is 2.19. The Labute approximate surface area is 127 Å². The Morgan fingerprint density at radius 3 is 2.41 bits per heavy atom. The topological polar surface area (TPSA) is 128 Å². The van der Waals surface area contributed by atoms with Gasteiger partial charge in [-0.15, -0.1) is 0 Å². The van der Waals surface area contributed by atoms with E-state index in [1.807, 2.05) is 6.07 Å². The molecule has 1 atom stereocenters. The number of carbonyl (C=O) groups excluding carboxylic acids is 4. The van der Waals surface area contributed by atoms with Crippen LogP contribution >= 0.6 is 0 Å². The molecule has 0 spiro atoms. The number of primary amides is 1. The molecule has 0 aliphatic carbocycles. The van der Waals surface area contributed by atoms with Gasteiger partial charge in [0.1, 0.15) is 6.54 Å². The fourth-order valence-corrected chi connectivity index (χ4v) is 1.53. The quantitative estimate of drug-likeness (QED) is 0.609. The number of urea groups is 1. The predicted octanol–water partition coefficient (Wildman–Crippen LogP) is -0.528. The second-order valence-electron chi connectivity index (χ2n) is 4.42. The highest BCUT2D eigenvalue weighted by molar-refractivity contribution is 5.96. The van der Waals surface area contributed by atoms with Gasteiger partial charge in [0.2, 0.25) is 5.91 Å². The molecule has 1 rings (SSSR count). The van der Waals surface area contributed by atoms with E-state index in [1.165, 1.54) is 6.92 Å². The number of imide groups is 1. The molecule has 0 fully saturated rings. The van der Waals surface area contributed by atoms with Gasteiger partial charge in [-0.2, -0.15) is 0 Å². The molecule has 4 N–H and O–H groups in total. The first-order chi connectivity index (χ1) is 10.4. The summed E-state index contributed by atoms with van der Waals surface area (Å²) in [5.41, 5.74) is 5.57. The van der Waals surface area contributed by atoms with Crippen molar-refractivity contribution in [1.82, 2.24) is 10.6 Å². The molecule has 0 aliphatic rings. The molecule has 0 radical (unpaired) electrons. The third-order valence-corrected chi connectivity index (χ3v) is 2.56. The number of rotatable bonds is 6. The van der Waals surface area contributed by atoms with Crippen LogP contribution in [0.2, 0.25) is 0 Å². The molecule has 1 aromatic rings. The maximum Gasteiger partial charge on any atom is 0.326 e. The van der Waals surface area contributed by atoms with E-state index in [2.05, 4.69) is 5.32 Å². The second kappa shape index (κ2) is 8.40. The molecule has 0 heterocycles. The monoisotopic (exact) mass is 307 g/mol. The largest absolute Gasteiger partial charge is 0.451 e. The van der Waals surface area contributed by atoms with Crippen molar-refractivity contribution in [2.75, 3.05) is 6.54 Å². The number of benzene rings is 1. The van der Waals surface area contributed by atoms with Gasteiger partial charge in [0.25, 0.3) is 5.91 Å². The number of hydrogen-bond donors (Lipinski definition) is 3. The molecule has 1 unspecified atom stereocenters. The van der Waals surface area contributed by atoms with Crippen molar-refractivity contribution in [2.24, 2.45) is 5.73 Å². The minimum atomic E-state index is -1.19. The van der Waals surface area contributed by atoms with Gasteiger partial charge in [-0.05, 0) is 12.5 Å². The lowest BCUT2D eigenvalue weighted by Gasteiger charge is -2.12. The zero-order chi connectivity index (χ0) is 16.5. The Balaban J connectivity index is 2.32. The molecule has 0 aliphatic heterocycles. The van der Waals surface area contributed by atoms with Gasteiger partial charge in [0.15, 0.2) is 6.10 Å². The van der Waals surface area contributed by atoms with Crippen LogP contribution in [0.25, 0.3) is 0 Å². The van der Waals surface area contributed by atoms with Gasteiger partial charge < -0.3 is 15.8 Å². The van der Waals surface area contributed by atoms with Gasteiger partial charge in [-0.1, -0.05) is 30.3 Å². The Bertz CT molecular complexity index is 559. The van der Waals surface area contributed by atoms with Crippen LogP contribution in [0.1, 0.15) is 12.5 Å². The molecular formula is C14H17N3O5. The summed E-state index contributed by atoms with van der Waals surface area (Å²) < 4.78 is 4.74. The molecule has 0 saturated heterocycles. The predicted molar refractivity (Wildman–Crippen MR) is 76.4 cm³/mol.